The number of carboxylic acids is 2. The number of carbonyl (C=O) groups is 3. The molecule has 0 spiro atoms. The molecule has 12 heteroatoms. The van der Waals surface area contributed by atoms with Crippen molar-refractivity contribution in [2.45, 2.75) is 103 Å². The Bertz CT molecular complexity index is 1450. The number of hydrogen-bond acceptors (Lipinski definition) is 7. The van der Waals surface area contributed by atoms with Gasteiger partial charge in [-0.15, -0.1) is 11.6 Å². The third-order valence-electron chi connectivity index (χ3n) is 9.81. The number of carboxylic acid groups (broad SMARTS) is 2. The van der Waals surface area contributed by atoms with Crippen molar-refractivity contribution < 1.29 is 29.3 Å². The molecule has 2 aromatic carbocycles. The number of anilines is 1. The molecule has 0 bridgehead atoms. The Balaban J connectivity index is 2.23. The second-order valence-corrected chi connectivity index (χ2v) is 15.3. The maximum absolute atomic E-state index is 14.4. The quantitative estimate of drug-likeness (QED) is 0.135. The number of alkyl halides is 1. The molecule has 10 nitrogen and oxygen atoms in total. The van der Waals surface area contributed by atoms with Crippen LogP contribution in [-0.2, 0) is 9.59 Å². The predicted octanol–water partition coefficient (Wildman–Crippen LogP) is 6.32. The summed E-state index contributed by atoms with van der Waals surface area (Å²) in [6.45, 7) is 14.9. The molecule has 0 saturated carbocycles. The molecule has 1 amide bonds. The van der Waals surface area contributed by atoms with E-state index in [2.05, 4.69) is 48.5 Å². The first-order valence-corrected chi connectivity index (χ1v) is 17.2. The van der Waals surface area contributed by atoms with Crippen LogP contribution in [-0.4, -0.2) is 89.2 Å². The number of nitrogens with zero attached hydrogens (tertiary/aromatic N) is 1. The highest BCUT2D eigenvalue weighted by molar-refractivity contribution is 6.31. The van der Waals surface area contributed by atoms with Gasteiger partial charge in [-0.1, -0.05) is 64.4 Å². The van der Waals surface area contributed by atoms with E-state index < -0.39 is 41.4 Å². The van der Waals surface area contributed by atoms with Crippen molar-refractivity contribution in [1.82, 2.24) is 15.5 Å². The molecular formula is C36H52Cl2N4O6. The van der Waals surface area contributed by atoms with E-state index in [1.165, 1.54) is 25.3 Å². The Labute approximate surface area is 294 Å². The van der Waals surface area contributed by atoms with Crippen LogP contribution < -0.4 is 20.7 Å². The van der Waals surface area contributed by atoms with E-state index in [1.807, 2.05) is 45.0 Å². The number of rotatable bonds is 15. The number of benzene rings is 2. The second kappa shape index (κ2) is 16.2. The number of halogens is 2. The summed E-state index contributed by atoms with van der Waals surface area (Å²) in [6, 6.07) is 9.30. The van der Waals surface area contributed by atoms with Crippen LogP contribution in [0.2, 0.25) is 5.02 Å². The van der Waals surface area contributed by atoms with Gasteiger partial charge in [0.1, 0.15) is 11.8 Å². The zero-order chi connectivity index (χ0) is 36.1. The van der Waals surface area contributed by atoms with Crippen LogP contribution in [0.4, 0.5) is 5.69 Å². The first kappa shape index (κ1) is 39.5. The maximum Gasteiger partial charge on any atom is 0.335 e. The highest BCUT2D eigenvalue weighted by Gasteiger charge is 2.57. The van der Waals surface area contributed by atoms with Gasteiger partial charge in [0.2, 0.25) is 5.91 Å². The Hall–Kier alpha value is -2.89. The summed E-state index contributed by atoms with van der Waals surface area (Å²) < 4.78 is 5.46. The summed E-state index contributed by atoms with van der Waals surface area (Å²) >= 11 is 13.8. The van der Waals surface area contributed by atoms with E-state index in [9.17, 15) is 24.6 Å². The lowest BCUT2D eigenvalue weighted by atomic mass is 9.66. The van der Waals surface area contributed by atoms with Crippen molar-refractivity contribution in [3.63, 3.8) is 0 Å². The van der Waals surface area contributed by atoms with Crippen molar-refractivity contribution in [3.8, 4) is 5.75 Å². The molecule has 1 aliphatic rings. The van der Waals surface area contributed by atoms with Crippen molar-refractivity contribution in [1.29, 1.82) is 0 Å². The molecule has 48 heavy (non-hydrogen) atoms. The Kier molecular flexibility index (Phi) is 13.4. The van der Waals surface area contributed by atoms with Crippen LogP contribution in [0.15, 0.2) is 42.5 Å². The summed E-state index contributed by atoms with van der Waals surface area (Å²) in [5, 5.41) is 29.6. The van der Waals surface area contributed by atoms with Gasteiger partial charge in [-0.2, -0.15) is 0 Å². The smallest absolute Gasteiger partial charge is 0.335 e. The lowest BCUT2D eigenvalue weighted by Gasteiger charge is -2.48. The molecule has 2 unspecified atom stereocenters. The Morgan fingerprint density at radius 3 is 2.27 bits per heavy atom. The lowest BCUT2D eigenvalue weighted by molar-refractivity contribution is -0.141. The van der Waals surface area contributed by atoms with Crippen LogP contribution in [0.3, 0.4) is 0 Å². The van der Waals surface area contributed by atoms with E-state index in [-0.39, 0.29) is 40.1 Å². The average molecular weight is 708 g/mol. The molecule has 0 radical (unpaired) electrons. The zero-order valence-electron chi connectivity index (χ0n) is 29.4. The van der Waals surface area contributed by atoms with Crippen LogP contribution in [0, 0.1) is 10.8 Å². The summed E-state index contributed by atoms with van der Waals surface area (Å²) in [5.41, 5.74) is 0.357. The number of carbonyl (C=O) groups excluding carboxylic acids is 1. The molecular weight excluding hydrogens is 655 g/mol. The fraction of sp³-hybridized carbons (Fsp3) is 0.583. The minimum absolute atomic E-state index is 0.0323. The van der Waals surface area contributed by atoms with Crippen LogP contribution >= 0.6 is 23.2 Å². The summed E-state index contributed by atoms with van der Waals surface area (Å²) in [7, 11) is 3.06. The van der Waals surface area contributed by atoms with E-state index >= 15 is 0 Å². The fourth-order valence-corrected chi connectivity index (χ4v) is 7.60. The molecule has 1 heterocycles. The number of aromatic carboxylic acids is 1. The van der Waals surface area contributed by atoms with Gasteiger partial charge < -0.3 is 30.9 Å². The van der Waals surface area contributed by atoms with E-state index in [1.54, 1.807) is 7.05 Å². The molecule has 1 aliphatic heterocycles. The minimum Gasteiger partial charge on any atom is -0.495 e. The normalized spacial score (nSPS) is 23.7. The number of nitrogens with one attached hydrogen (secondary N) is 3. The molecule has 5 N–H and O–H groups in total. The summed E-state index contributed by atoms with van der Waals surface area (Å²) in [6.07, 6.45) is 1.39. The Morgan fingerprint density at radius 1 is 1.10 bits per heavy atom. The van der Waals surface area contributed by atoms with Crippen molar-refractivity contribution >= 4 is 46.7 Å². The Morgan fingerprint density at radius 2 is 1.75 bits per heavy atom. The summed E-state index contributed by atoms with van der Waals surface area (Å²) in [4.78, 5) is 40.6. The molecule has 266 valence electrons. The highest BCUT2D eigenvalue weighted by atomic mass is 35.5. The molecule has 8 atom stereocenters. The van der Waals surface area contributed by atoms with Gasteiger partial charge in [0.25, 0.3) is 0 Å². The lowest BCUT2D eigenvalue weighted by Crippen LogP contribution is -2.60. The highest BCUT2D eigenvalue weighted by Crippen LogP contribution is 2.52. The van der Waals surface area contributed by atoms with E-state index in [4.69, 9.17) is 27.9 Å². The van der Waals surface area contributed by atoms with Gasteiger partial charge in [-0.05, 0) is 69.0 Å². The van der Waals surface area contributed by atoms with Crippen LogP contribution in [0.1, 0.15) is 83.1 Å². The molecule has 0 aliphatic carbocycles. The van der Waals surface area contributed by atoms with E-state index in [0.29, 0.717) is 30.1 Å². The number of hydrogen-bond donors (Lipinski definition) is 5. The van der Waals surface area contributed by atoms with E-state index in [0.717, 1.165) is 5.56 Å². The second-order valence-electron chi connectivity index (χ2n) is 14.4. The van der Waals surface area contributed by atoms with Gasteiger partial charge >= 0.3 is 11.9 Å². The predicted molar refractivity (Wildman–Crippen MR) is 192 cm³/mol. The standard InChI is InChI=1S/C36H52Cl2N4O6/c1-10-24(37)20(2)42(21(3)30(39-8)34(46)47)19-36(7)28(18-35(4,5)6)41-31(29(36)23-13-11-12-14-25(23)38)32(43)40-26-16-15-22(33(44)45)17-27(26)48-9/h11-17,20-21,24,28-31,39,41H,10,18-19H2,1-9H3,(H,40,43)(H,44,45)(H,46,47)/t20-,21?,24?,28+,29+,30+,31-,36-/m1/s1. The molecule has 1 saturated heterocycles. The SMILES string of the molecule is CCC(Cl)[C@@H](C)N(C[C@]1(C)[C@H](CC(C)(C)C)N[C@@H](C(=O)Nc2ccc(C(=O)O)cc2OC)[C@@H]1c1ccccc1Cl)C(C)[C@H](NC)C(=O)O. The first-order valence-electron chi connectivity index (χ1n) is 16.4. The third kappa shape index (κ3) is 8.82. The number of ether oxygens (including phenoxy) is 1. The fourth-order valence-electron chi connectivity index (χ4n) is 7.20. The topological polar surface area (TPSA) is 140 Å². The van der Waals surface area contributed by atoms with Crippen molar-refractivity contribution in [2.24, 2.45) is 10.8 Å². The number of methoxy groups -OCH3 is 1. The molecule has 3 rings (SSSR count). The maximum atomic E-state index is 14.4. The molecule has 0 aromatic heterocycles. The minimum atomic E-state index is -1.11. The van der Waals surface area contributed by atoms with Gasteiger partial charge in [0.15, 0.2) is 0 Å². The molecule has 2 aromatic rings. The summed E-state index contributed by atoms with van der Waals surface area (Å²) in [5.74, 6) is -2.65. The first-order chi connectivity index (χ1) is 22.4. The monoisotopic (exact) mass is 706 g/mol. The number of amides is 1. The van der Waals surface area contributed by atoms with Gasteiger partial charge in [0.05, 0.1) is 24.4 Å². The van der Waals surface area contributed by atoms with Gasteiger partial charge in [0, 0.05) is 46.4 Å². The number of aliphatic carboxylic acids is 1. The van der Waals surface area contributed by atoms with Crippen molar-refractivity contribution in [2.75, 3.05) is 26.0 Å². The van der Waals surface area contributed by atoms with Crippen molar-refractivity contribution in [3.05, 3.63) is 58.6 Å². The average Bonchev–Trinajstić information content (AvgIpc) is 3.29. The zero-order valence-corrected chi connectivity index (χ0v) is 30.9. The number of likely N-dealkylation sites (N-methyl/N-ethyl adjacent to an activating group) is 1. The van der Waals surface area contributed by atoms with Gasteiger partial charge in [-0.25, -0.2) is 4.79 Å². The largest absolute Gasteiger partial charge is 0.495 e. The molecule has 1 fully saturated rings. The van der Waals surface area contributed by atoms with Gasteiger partial charge in [-0.3, -0.25) is 14.5 Å². The van der Waals surface area contributed by atoms with Crippen LogP contribution in [0.5, 0.6) is 5.75 Å². The van der Waals surface area contributed by atoms with Crippen LogP contribution in [0.25, 0.3) is 0 Å². The third-order valence-corrected chi connectivity index (χ3v) is 10.8.